The molecule has 0 amide bonds. The topological polar surface area (TPSA) is 127 Å². The van der Waals surface area contributed by atoms with Gasteiger partial charge in [0.1, 0.15) is 49.5 Å². The van der Waals surface area contributed by atoms with Gasteiger partial charge in [0.2, 0.25) is 0 Å². The first-order valence-electron chi connectivity index (χ1n) is 20.5. The van der Waals surface area contributed by atoms with E-state index in [1.165, 1.54) is 6.20 Å². The number of halogens is 1. The van der Waals surface area contributed by atoms with Crippen LogP contribution < -0.4 is 18.9 Å². The molecule has 7 rings (SSSR count). The predicted octanol–water partition coefficient (Wildman–Crippen LogP) is 8.03. The molecule has 1 unspecified atom stereocenters. The van der Waals surface area contributed by atoms with Gasteiger partial charge in [-0.05, 0) is 85.7 Å². The van der Waals surface area contributed by atoms with E-state index in [1.807, 2.05) is 36.4 Å². The minimum absolute atomic E-state index is 0.0564. The standard InChI is InChI=1S/C46H53ClN4O7/c1-3-4-18-54-46(53)41-10-5-6-15-51(41)26-36-20-40(47)44(22-43(36)55-28-33-19-32(23-48)24-49-25-33)56-29-35-8-7-9-39(31(35)2)34-11-12-42-45(21-34)58-38(30-57-42)14-17-50-16-13-37(52)27-50/h7-9,11-12,19-22,24-25,37-38,41,52H,3-6,10,13-18,26-30H2,1-2H3/t37-,38?,41+/m1/s1. The molecule has 2 fully saturated rings. The van der Waals surface area contributed by atoms with Gasteiger partial charge in [-0.25, -0.2) is 0 Å². The van der Waals surface area contributed by atoms with Gasteiger partial charge in [0.15, 0.2) is 11.5 Å². The van der Waals surface area contributed by atoms with Crippen molar-refractivity contribution in [2.24, 2.45) is 0 Å². The number of rotatable bonds is 16. The smallest absolute Gasteiger partial charge is 0.323 e. The van der Waals surface area contributed by atoms with Gasteiger partial charge < -0.3 is 33.7 Å². The van der Waals surface area contributed by atoms with Crippen LogP contribution in [0.4, 0.5) is 0 Å². The minimum Gasteiger partial charge on any atom is -0.488 e. The number of carbonyl (C=O) groups excluding carboxylic acids is 1. The highest BCUT2D eigenvalue weighted by Gasteiger charge is 2.31. The van der Waals surface area contributed by atoms with Crippen LogP contribution in [0, 0.1) is 18.3 Å². The third-order valence-corrected chi connectivity index (χ3v) is 11.5. The Hall–Kier alpha value is -4.86. The number of hydrogen-bond acceptors (Lipinski definition) is 11. The van der Waals surface area contributed by atoms with Gasteiger partial charge in [0.05, 0.1) is 23.3 Å². The van der Waals surface area contributed by atoms with E-state index in [9.17, 15) is 15.2 Å². The highest BCUT2D eigenvalue weighted by atomic mass is 35.5. The van der Waals surface area contributed by atoms with Crippen molar-refractivity contribution in [3.63, 3.8) is 0 Å². The summed E-state index contributed by atoms with van der Waals surface area (Å²) >= 11 is 6.96. The number of esters is 1. The summed E-state index contributed by atoms with van der Waals surface area (Å²) in [6, 6.07) is 19.5. The molecule has 58 heavy (non-hydrogen) atoms. The van der Waals surface area contributed by atoms with Crippen LogP contribution in [0.25, 0.3) is 11.1 Å². The molecule has 1 aromatic heterocycles. The number of β-amino-alcohol motifs (C(OH)–C–C–N with tert-alkyl or cyclic N) is 1. The summed E-state index contributed by atoms with van der Waals surface area (Å²) in [4.78, 5) is 21.8. The molecule has 0 spiro atoms. The van der Waals surface area contributed by atoms with Crippen LogP contribution >= 0.6 is 11.6 Å². The number of benzene rings is 3. The maximum absolute atomic E-state index is 13.2. The number of piperidine rings is 1. The number of ether oxygens (including phenoxy) is 5. The Kier molecular flexibility index (Phi) is 14.0. The minimum atomic E-state index is -0.342. The number of aromatic nitrogens is 1. The van der Waals surface area contributed by atoms with Crippen LogP contribution in [-0.4, -0.2) is 83.5 Å². The molecule has 12 heteroatoms. The number of fused-ring (bicyclic) bond motifs is 1. The summed E-state index contributed by atoms with van der Waals surface area (Å²) in [7, 11) is 0. The Morgan fingerprint density at radius 2 is 1.90 bits per heavy atom. The van der Waals surface area contributed by atoms with Gasteiger partial charge in [-0.2, -0.15) is 5.26 Å². The van der Waals surface area contributed by atoms with Crippen LogP contribution in [0.15, 0.2) is 67.0 Å². The summed E-state index contributed by atoms with van der Waals surface area (Å²) in [5.41, 5.74) is 6.17. The second-order valence-electron chi connectivity index (χ2n) is 15.5. The molecule has 0 saturated carbocycles. The Morgan fingerprint density at radius 1 is 1.02 bits per heavy atom. The molecular formula is C46H53ClN4O7. The lowest BCUT2D eigenvalue weighted by molar-refractivity contribution is -0.151. The number of likely N-dealkylation sites (tertiary alicyclic amines) is 2. The van der Waals surface area contributed by atoms with E-state index in [1.54, 1.807) is 12.3 Å². The lowest BCUT2D eigenvalue weighted by Gasteiger charge is -2.34. The number of nitriles is 1. The molecule has 0 radical (unpaired) electrons. The summed E-state index contributed by atoms with van der Waals surface area (Å²) in [5.74, 6) is 2.33. The van der Waals surface area contributed by atoms with Gasteiger partial charge in [-0.15, -0.1) is 0 Å². The monoisotopic (exact) mass is 808 g/mol. The second-order valence-corrected chi connectivity index (χ2v) is 15.9. The number of aliphatic hydroxyl groups excluding tert-OH is 1. The van der Waals surface area contributed by atoms with Gasteiger partial charge in [0.25, 0.3) is 0 Å². The summed E-state index contributed by atoms with van der Waals surface area (Å²) in [6.45, 7) is 9.22. The summed E-state index contributed by atoms with van der Waals surface area (Å²) in [5, 5.41) is 19.8. The lowest BCUT2D eigenvalue weighted by atomic mass is 9.96. The highest BCUT2D eigenvalue weighted by Crippen LogP contribution is 2.39. The maximum Gasteiger partial charge on any atom is 0.323 e. The second kappa shape index (κ2) is 19.7. The van der Waals surface area contributed by atoms with Gasteiger partial charge in [0, 0.05) is 62.2 Å². The van der Waals surface area contributed by atoms with Crippen LogP contribution in [0.3, 0.4) is 0 Å². The Labute approximate surface area is 346 Å². The number of nitrogens with zero attached hydrogens (tertiary/aromatic N) is 4. The van der Waals surface area contributed by atoms with Crippen molar-refractivity contribution in [2.75, 3.05) is 39.4 Å². The number of aliphatic hydroxyl groups is 1. The molecule has 3 aliphatic rings. The predicted molar refractivity (Wildman–Crippen MR) is 221 cm³/mol. The zero-order valence-electron chi connectivity index (χ0n) is 33.5. The van der Waals surface area contributed by atoms with Crippen molar-refractivity contribution in [3.8, 4) is 40.2 Å². The first-order chi connectivity index (χ1) is 28.3. The maximum atomic E-state index is 13.2. The van der Waals surface area contributed by atoms with Crippen molar-refractivity contribution < 1.29 is 33.6 Å². The van der Waals surface area contributed by atoms with Gasteiger partial charge in [-0.1, -0.05) is 55.6 Å². The largest absolute Gasteiger partial charge is 0.488 e. The number of pyridine rings is 1. The van der Waals surface area contributed by atoms with Crippen LogP contribution in [0.1, 0.15) is 79.7 Å². The molecule has 2 saturated heterocycles. The Balaban J connectivity index is 1.07. The molecular weight excluding hydrogens is 756 g/mol. The average molecular weight is 809 g/mol. The third kappa shape index (κ3) is 10.4. The van der Waals surface area contributed by atoms with E-state index in [0.717, 1.165) is 116 Å². The summed E-state index contributed by atoms with van der Waals surface area (Å²) < 4.78 is 31.0. The Bertz CT molecular complexity index is 2090. The SMILES string of the molecule is CCCCOC(=O)[C@@H]1CCCCN1Cc1cc(Cl)c(OCc2cccc(-c3ccc4c(c3)OC(CCN3CC[C@@H](O)C3)CO4)c2C)cc1OCc1cncc(C#N)c1. The zero-order chi connectivity index (χ0) is 40.4. The molecule has 0 bridgehead atoms. The molecule has 1 N–H and O–H groups in total. The first-order valence-corrected chi connectivity index (χ1v) is 20.9. The summed E-state index contributed by atoms with van der Waals surface area (Å²) in [6.07, 6.45) is 9.04. The molecule has 0 aliphatic carbocycles. The van der Waals surface area contributed by atoms with Gasteiger partial charge in [-0.3, -0.25) is 14.7 Å². The first kappa shape index (κ1) is 41.3. The fourth-order valence-electron chi connectivity index (χ4n) is 7.89. The van der Waals surface area contributed by atoms with Crippen molar-refractivity contribution >= 4 is 17.6 Å². The molecule has 11 nitrogen and oxygen atoms in total. The Morgan fingerprint density at radius 3 is 2.72 bits per heavy atom. The number of hydrogen-bond donors (Lipinski definition) is 1. The van der Waals surface area contributed by atoms with E-state index in [4.69, 9.17) is 35.3 Å². The quantitative estimate of drug-likeness (QED) is 0.0874. The molecule has 306 valence electrons. The zero-order valence-corrected chi connectivity index (χ0v) is 34.2. The number of unbranched alkanes of at least 4 members (excludes halogenated alkanes) is 1. The van der Waals surface area contributed by atoms with E-state index in [0.29, 0.717) is 41.8 Å². The van der Waals surface area contributed by atoms with E-state index in [-0.39, 0.29) is 37.4 Å². The molecule has 4 heterocycles. The van der Waals surface area contributed by atoms with Crippen LogP contribution in [0.2, 0.25) is 5.02 Å². The average Bonchev–Trinajstić information content (AvgIpc) is 3.67. The highest BCUT2D eigenvalue weighted by molar-refractivity contribution is 6.32. The number of carbonyl (C=O) groups is 1. The fourth-order valence-corrected chi connectivity index (χ4v) is 8.13. The fraction of sp³-hybridized carbons (Fsp3) is 0.457. The lowest BCUT2D eigenvalue weighted by Crippen LogP contribution is -2.45. The van der Waals surface area contributed by atoms with Crippen LogP contribution in [-0.2, 0) is 29.3 Å². The van der Waals surface area contributed by atoms with Crippen molar-refractivity contribution in [3.05, 3.63) is 99.8 Å². The van der Waals surface area contributed by atoms with Crippen molar-refractivity contribution in [2.45, 2.75) is 96.8 Å². The normalized spacial score (nSPS) is 19.4. The molecule has 3 atom stereocenters. The van der Waals surface area contributed by atoms with Gasteiger partial charge >= 0.3 is 5.97 Å². The van der Waals surface area contributed by atoms with Crippen molar-refractivity contribution in [1.82, 2.24) is 14.8 Å². The molecule has 4 aromatic rings. The van der Waals surface area contributed by atoms with Crippen molar-refractivity contribution in [1.29, 1.82) is 5.26 Å². The molecule has 3 aromatic carbocycles. The van der Waals surface area contributed by atoms with E-state index in [2.05, 4.69) is 46.8 Å². The van der Waals surface area contributed by atoms with Crippen LogP contribution in [0.5, 0.6) is 23.0 Å². The molecule has 3 aliphatic heterocycles. The van der Waals surface area contributed by atoms with E-state index >= 15 is 0 Å². The van der Waals surface area contributed by atoms with E-state index < -0.39 is 0 Å². The third-order valence-electron chi connectivity index (χ3n) is 11.3.